The van der Waals surface area contributed by atoms with Crippen molar-refractivity contribution >= 4 is 22.5 Å². The Hall–Kier alpha value is -3.09. The quantitative estimate of drug-likeness (QED) is 0.804. The van der Waals surface area contributed by atoms with Gasteiger partial charge in [0, 0.05) is 5.69 Å². The summed E-state index contributed by atoms with van der Waals surface area (Å²) < 4.78 is 14.2. The first kappa shape index (κ1) is 14.8. The predicted molar refractivity (Wildman–Crippen MR) is 83.5 cm³/mol. The van der Waals surface area contributed by atoms with Crippen molar-refractivity contribution in [1.29, 1.82) is 0 Å². The molecule has 1 N–H and O–H groups in total. The molecule has 0 spiro atoms. The lowest BCUT2D eigenvalue weighted by Gasteiger charge is -2.13. The van der Waals surface area contributed by atoms with E-state index in [1.165, 1.54) is 25.1 Å². The van der Waals surface area contributed by atoms with Gasteiger partial charge < -0.3 is 5.32 Å². The van der Waals surface area contributed by atoms with Gasteiger partial charge in [-0.1, -0.05) is 23.4 Å². The lowest BCUT2D eigenvalue weighted by atomic mass is 10.2. The molecule has 1 heterocycles. The first-order chi connectivity index (χ1) is 11.1. The molecule has 0 radical (unpaired) electrons. The lowest BCUT2D eigenvalue weighted by Crippen LogP contribution is -2.34. The third kappa shape index (κ3) is 2.94. The number of carbonyl (C=O) groups excluding carboxylic acids is 1. The summed E-state index contributed by atoms with van der Waals surface area (Å²) in [5.74, 6) is -0.944. The Morgan fingerprint density at radius 2 is 2.00 bits per heavy atom. The summed E-state index contributed by atoms with van der Waals surface area (Å²) in [6, 6.07) is 11.4. The number of nitrogens with one attached hydrogen (secondary N) is 1. The van der Waals surface area contributed by atoms with Crippen LogP contribution in [0.2, 0.25) is 0 Å². The molecule has 0 aliphatic heterocycles. The first-order valence-corrected chi connectivity index (χ1v) is 6.97. The minimum Gasteiger partial charge on any atom is -0.324 e. The second kappa shape index (κ2) is 5.96. The van der Waals surface area contributed by atoms with Gasteiger partial charge in [-0.05, 0) is 37.3 Å². The smallest absolute Gasteiger partial charge is 0.278 e. The average Bonchev–Trinajstić information content (AvgIpc) is 2.55. The van der Waals surface area contributed by atoms with E-state index in [2.05, 4.69) is 15.6 Å². The fourth-order valence-corrected chi connectivity index (χ4v) is 2.18. The van der Waals surface area contributed by atoms with Crippen LogP contribution in [0, 0.1) is 5.82 Å². The number of hydrogen-bond donors (Lipinski definition) is 1. The minimum absolute atomic E-state index is 0.309. The summed E-state index contributed by atoms with van der Waals surface area (Å²) in [7, 11) is 0. The maximum atomic E-state index is 13.2. The Labute approximate surface area is 130 Å². The second-order valence-electron chi connectivity index (χ2n) is 5.03. The second-order valence-corrected chi connectivity index (χ2v) is 5.03. The van der Waals surface area contributed by atoms with Crippen LogP contribution in [-0.2, 0) is 4.79 Å². The summed E-state index contributed by atoms with van der Waals surface area (Å²) in [6.07, 6.45) is 0. The Morgan fingerprint density at radius 3 is 2.78 bits per heavy atom. The molecule has 7 heteroatoms. The molecule has 1 atom stereocenters. The van der Waals surface area contributed by atoms with Crippen molar-refractivity contribution in [3.63, 3.8) is 0 Å². The van der Waals surface area contributed by atoms with Crippen LogP contribution < -0.4 is 10.9 Å². The lowest BCUT2D eigenvalue weighted by molar-refractivity contribution is -0.119. The van der Waals surface area contributed by atoms with E-state index < -0.39 is 23.3 Å². The van der Waals surface area contributed by atoms with Crippen LogP contribution in [0.4, 0.5) is 10.1 Å². The molecule has 6 nitrogen and oxygen atoms in total. The van der Waals surface area contributed by atoms with E-state index in [0.29, 0.717) is 16.6 Å². The Kier molecular flexibility index (Phi) is 3.84. The third-order valence-corrected chi connectivity index (χ3v) is 3.43. The number of aromatic nitrogens is 3. The highest BCUT2D eigenvalue weighted by molar-refractivity contribution is 5.93. The van der Waals surface area contributed by atoms with Crippen molar-refractivity contribution in [2.75, 3.05) is 5.32 Å². The molecule has 23 heavy (non-hydrogen) atoms. The molecule has 3 aromatic rings. The normalized spacial score (nSPS) is 12.1. The average molecular weight is 312 g/mol. The van der Waals surface area contributed by atoms with Crippen LogP contribution in [0.3, 0.4) is 0 Å². The standard InChI is InChI=1S/C16H13FN4O2/c1-10(15(22)18-12-6-4-5-11(17)9-12)21-16(23)13-7-2-3-8-14(13)19-20-21/h2-10H,1H3,(H,18,22). The molecule has 0 bridgehead atoms. The highest BCUT2D eigenvalue weighted by Gasteiger charge is 2.19. The predicted octanol–water partition coefficient (Wildman–Crippen LogP) is 2.13. The number of carbonyl (C=O) groups is 1. The van der Waals surface area contributed by atoms with Gasteiger partial charge in [0.2, 0.25) is 5.91 Å². The molecule has 1 aromatic heterocycles. The fraction of sp³-hybridized carbons (Fsp3) is 0.125. The van der Waals surface area contributed by atoms with Gasteiger partial charge in [0.1, 0.15) is 17.4 Å². The maximum absolute atomic E-state index is 13.2. The number of rotatable bonds is 3. The largest absolute Gasteiger partial charge is 0.324 e. The van der Waals surface area contributed by atoms with Crippen molar-refractivity contribution in [2.45, 2.75) is 13.0 Å². The van der Waals surface area contributed by atoms with Gasteiger partial charge >= 0.3 is 0 Å². The number of halogens is 1. The van der Waals surface area contributed by atoms with E-state index in [1.807, 2.05) is 0 Å². The Morgan fingerprint density at radius 1 is 1.22 bits per heavy atom. The molecule has 1 unspecified atom stereocenters. The van der Waals surface area contributed by atoms with E-state index >= 15 is 0 Å². The van der Waals surface area contributed by atoms with Crippen LogP contribution in [0.1, 0.15) is 13.0 Å². The number of hydrogen-bond acceptors (Lipinski definition) is 4. The summed E-state index contributed by atoms with van der Waals surface area (Å²) in [4.78, 5) is 24.7. The van der Waals surface area contributed by atoms with Crippen molar-refractivity contribution in [3.05, 3.63) is 64.7 Å². The van der Waals surface area contributed by atoms with Crippen LogP contribution in [0.5, 0.6) is 0 Å². The molecule has 0 saturated heterocycles. The van der Waals surface area contributed by atoms with Crippen molar-refractivity contribution < 1.29 is 9.18 Å². The fourth-order valence-electron chi connectivity index (χ4n) is 2.18. The highest BCUT2D eigenvalue weighted by Crippen LogP contribution is 2.12. The third-order valence-electron chi connectivity index (χ3n) is 3.43. The molecule has 1 amide bonds. The molecule has 116 valence electrons. The van der Waals surface area contributed by atoms with Gasteiger partial charge in [-0.25, -0.2) is 4.39 Å². The zero-order valence-corrected chi connectivity index (χ0v) is 12.2. The topological polar surface area (TPSA) is 76.9 Å². The number of fused-ring (bicyclic) bond motifs is 1. The number of benzene rings is 2. The Balaban J connectivity index is 1.90. The molecular formula is C16H13FN4O2. The molecule has 3 rings (SSSR count). The van der Waals surface area contributed by atoms with Gasteiger partial charge in [0.05, 0.1) is 5.39 Å². The molecule has 0 saturated carbocycles. The van der Waals surface area contributed by atoms with Crippen LogP contribution in [0.25, 0.3) is 10.9 Å². The molecule has 0 aliphatic carbocycles. The number of nitrogens with zero attached hydrogens (tertiary/aromatic N) is 3. The van der Waals surface area contributed by atoms with Gasteiger partial charge in [-0.3, -0.25) is 9.59 Å². The zero-order valence-electron chi connectivity index (χ0n) is 12.2. The molecule has 0 aliphatic rings. The van der Waals surface area contributed by atoms with Crippen LogP contribution in [0.15, 0.2) is 53.3 Å². The van der Waals surface area contributed by atoms with Crippen molar-refractivity contribution in [3.8, 4) is 0 Å². The van der Waals surface area contributed by atoms with E-state index in [-0.39, 0.29) is 0 Å². The first-order valence-electron chi connectivity index (χ1n) is 6.97. The van der Waals surface area contributed by atoms with Crippen LogP contribution in [-0.4, -0.2) is 20.9 Å². The van der Waals surface area contributed by atoms with E-state index in [4.69, 9.17) is 0 Å². The summed E-state index contributed by atoms with van der Waals surface area (Å²) in [5.41, 5.74) is 0.368. The zero-order chi connectivity index (χ0) is 16.4. The van der Waals surface area contributed by atoms with Crippen molar-refractivity contribution in [2.24, 2.45) is 0 Å². The van der Waals surface area contributed by atoms with Gasteiger partial charge in [-0.2, -0.15) is 4.68 Å². The van der Waals surface area contributed by atoms with E-state index in [9.17, 15) is 14.0 Å². The van der Waals surface area contributed by atoms with Gasteiger partial charge in [-0.15, -0.1) is 5.10 Å². The number of amides is 1. The summed E-state index contributed by atoms with van der Waals surface area (Å²) in [5, 5.41) is 10.7. The molecule has 2 aromatic carbocycles. The van der Waals surface area contributed by atoms with E-state index in [0.717, 1.165) is 4.68 Å². The van der Waals surface area contributed by atoms with Gasteiger partial charge in [0.15, 0.2) is 0 Å². The van der Waals surface area contributed by atoms with E-state index in [1.54, 1.807) is 30.3 Å². The van der Waals surface area contributed by atoms with Crippen LogP contribution >= 0.6 is 0 Å². The monoisotopic (exact) mass is 312 g/mol. The van der Waals surface area contributed by atoms with Crippen molar-refractivity contribution in [1.82, 2.24) is 15.0 Å². The summed E-state index contributed by atoms with van der Waals surface area (Å²) >= 11 is 0. The SMILES string of the molecule is CC(C(=O)Nc1cccc(F)c1)n1nnc2ccccc2c1=O. The minimum atomic E-state index is -0.886. The summed E-state index contributed by atoms with van der Waals surface area (Å²) in [6.45, 7) is 1.53. The molecule has 0 fully saturated rings. The highest BCUT2D eigenvalue weighted by atomic mass is 19.1. The van der Waals surface area contributed by atoms with Gasteiger partial charge in [0.25, 0.3) is 5.56 Å². The Bertz CT molecular complexity index is 939. The number of anilines is 1. The maximum Gasteiger partial charge on any atom is 0.278 e. The molecular weight excluding hydrogens is 299 g/mol.